The number of anilines is 2. The van der Waals surface area contributed by atoms with E-state index in [4.69, 9.17) is 11.6 Å². The molecule has 0 atom stereocenters. The quantitative estimate of drug-likeness (QED) is 0.353. The third-order valence-corrected chi connectivity index (χ3v) is 7.15. The molecule has 1 aliphatic rings. The molecule has 0 bridgehead atoms. The summed E-state index contributed by atoms with van der Waals surface area (Å²) in [5.74, 6) is 1.31. The van der Waals surface area contributed by atoms with Crippen LogP contribution in [0.3, 0.4) is 0 Å². The van der Waals surface area contributed by atoms with Gasteiger partial charge in [0.1, 0.15) is 5.82 Å². The van der Waals surface area contributed by atoms with E-state index in [1.807, 2.05) is 30.2 Å². The predicted molar refractivity (Wildman–Crippen MR) is 141 cm³/mol. The number of fused-ring (bicyclic) bond motifs is 1. The Bertz CT molecular complexity index is 1370. The minimum absolute atomic E-state index is 0.0820. The van der Waals surface area contributed by atoms with Gasteiger partial charge >= 0.3 is 0 Å². The number of carbonyl (C=O) groups excluding carboxylic acids is 1. The number of aryl methyl sites for hydroxylation is 1. The first-order valence-electron chi connectivity index (χ1n) is 12.2. The van der Waals surface area contributed by atoms with Gasteiger partial charge in [-0.25, -0.2) is 4.98 Å². The summed E-state index contributed by atoms with van der Waals surface area (Å²) >= 11 is 6.52. The molecule has 35 heavy (non-hydrogen) atoms. The lowest BCUT2D eigenvalue weighted by molar-refractivity contribution is 0.0827. The van der Waals surface area contributed by atoms with Crippen LogP contribution in [0.1, 0.15) is 42.5 Å². The van der Waals surface area contributed by atoms with Crippen molar-refractivity contribution in [2.45, 2.75) is 38.6 Å². The summed E-state index contributed by atoms with van der Waals surface area (Å²) in [6.07, 6.45) is 12.4. The zero-order valence-corrected chi connectivity index (χ0v) is 21.2. The molecule has 1 saturated carbocycles. The van der Waals surface area contributed by atoms with E-state index in [2.05, 4.69) is 38.3 Å². The highest BCUT2D eigenvalue weighted by molar-refractivity contribution is 6.33. The van der Waals surface area contributed by atoms with Crippen molar-refractivity contribution in [2.24, 2.45) is 13.0 Å². The number of halogens is 1. The molecule has 182 valence electrons. The summed E-state index contributed by atoms with van der Waals surface area (Å²) < 4.78 is 4.27. The molecule has 7 nitrogen and oxygen atoms in total. The fourth-order valence-corrected chi connectivity index (χ4v) is 5.21. The fourth-order valence-electron chi connectivity index (χ4n) is 4.99. The maximum Gasteiger partial charge on any atom is 0.253 e. The number of aromatic nitrogens is 4. The van der Waals surface area contributed by atoms with Crippen molar-refractivity contribution in [3.8, 4) is 11.3 Å². The van der Waals surface area contributed by atoms with E-state index >= 15 is 0 Å². The van der Waals surface area contributed by atoms with Crippen LogP contribution in [0.15, 0.2) is 48.9 Å². The molecular formula is C27H31ClN6O. The van der Waals surface area contributed by atoms with Gasteiger partial charge in [0.15, 0.2) is 0 Å². The Morgan fingerprint density at radius 3 is 2.63 bits per heavy atom. The molecule has 0 spiro atoms. The number of carbonyl (C=O) groups is 1. The molecule has 0 unspecified atom stereocenters. The molecule has 0 radical (unpaired) electrons. The minimum atomic E-state index is -0.0820. The fraction of sp³-hybridized carbons (Fsp3) is 0.370. The Morgan fingerprint density at radius 2 is 1.94 bits per heavy atom. The summed E-state index contributed by atoms with van der Waals surface area (Å²) in [6.45, 7) is 0.985. The van der Waals surface area contributed by atoms with Gasteiger partial charge in [-0.15, -0.1) is 0 Å². The number of rotatable bonds is 6. The van der Waals surface area contributed by atoms with Crippen LogP contribution in [0.4, 0.5) is 11.5 Å². The van der Waals surface area contributed by atoms with Gasteiger partial charge in [-0.2, -0.15) is 5.10 Å². The van der Waals surface area contributed by atoms with Crippen molar-refractivity contribution >= 4 is 39.9 Å². The van der Waals surface area contributed by atoms with Gasteiger partial charge in [0.2, 0.25) is 0 Å². The van der Waals surface area contributed by atoms with Crippen LogP contribution < -0.4 is 5.32 Å². The van der Waals surface area contributed by atoms with E-state index in [0.29, 0.717) is 28.0 Å². The van der Waals surface area contributed by atoms with Gasteiger partial charge in [0, 0.05) is 62.7 Å². The third kappa shape index (κ3) is 4.91. The number of hydrogen-bond donors (Lipinski definition) is 1. The molecule has 3 heterocycles. The van der Waals surface area contributed by atoms with Gasteiger partial charge in [0.05, 0.1) is 28.1 Å². The first-order valence-corrected chi connectivity index (χ1v) is 12.5. The minimum Gasteiger partial charge on any atom is -0.345 e. The van der Waals surface area contributed by atoms with E-state index in [0.717, 1.165) is 23.0 Å². The maximum atomic E-state index is 12.3. The van der Waals surface area contributed by atoms with E-state index in [1.54, 1.807) is 26.2 Å². The van der Waals surface area contributed by atoms with Crippen LogP contribution in [0.5, 0.6) is 0 Å². The van der Waals surface area contributed by atoms with Crippen LogP contribution in [0.25, 0.3) is 22.2 Å². The SMILES string of the molecule is CN(C)C(=O)c1ccc(Nc2cc3c(cn2)cc(-c2cnn(C)c2)n3CC2CCCCC2)c(Cl)c1. The highest BCUT2D eigenvalue weighted by Gasteiger charge is 2.19. The Labute approximate surface area is 210 Å². The monoisotopic (exact) mass is 490 g/mol. The molecule has 3 aromatic heterocycles. The lowest BCUT2D eigenvalue weighted by Crippen LogP contribution is -2.21. The van der Waals surface area contributed by atoms with Crippen LogP contribution in [0, 0.1) is 5.92 Å². The van der Waals surface area contributed by atoms with Crippen LogP contribution in [-0.2, 0) is 13.6 Å². The van der Waals surface area contributed by atoms with Crippen molar-refractivity contribution in [3.63, 3.8) is 0 Å². The highest BCUT2D eigenvalue weighted by Crippen LogP contribution is 2.34. The Balaban J connectivity index is 1.50. The second-order valence-electron chi connectivity index (χ2n) is 9.69. The summed E-state index contributed by atoms with van der Waals surface area (Å²) in [5, 5.41) is 9.32. The number of pyridine rings is 1. The summed E-state index contributed by atoms with van der Waals surface area (Å²) in [6, 6.07) is 9.60. The normalized spacial score (nSPS) is 14.4. The van der Waals surface area contributed by atoms with Crippen molar-refractivity contribution in [1.82, 2.24) is 24.2 Å². The summed E-state index contributed by atoms with van der Waals surface area (Å²) in [7, 11) is 5.40. The smallest absolute Gasteiger partial charge is 0.253 e. The molecule has 4 aromatic rings. The van der Waals surface area contributed by atoms with E-state index in [9.17, 15) is 4.79 Å². The maximum absolute atomic E-state index is 12.3. The summed E-state index contributed by atoms with van der Waals surface area (Å²) in [5.41, 5.74) is 4.69. The van der Waals surface area contributed by atoms with Gasteiger partial charge in [0.25, 0.3) is 5.91 Å². The molecule has 1 N–H and O–H groups in total. The lowest BCUT2D eigenvalue weighted by Gasteiger charge is -2.23. The number of amides is 1. The molecule has 0 saturated heterocycles. The average Bonchev–Trinajstić information content (AvgIpc) is 3.44. The molecule has 0 aliphatic heterocycles. The summed E-state index contributed by atoms with van der Waals surface area (Å²) in [4.78, 5) is 18.4. The van der Waals surface area contributed by atoms with Crippen LogP contribution in [-0.4, -0.2) is 44.2 Å². The topological polar surface area (TPSA) is 68.0 Å². The Hall–Kier alpha value is -3.32. The van der Waals surface area contributed by atoms with Gasteiger partial charge < -0.3 is 14.8 Å². The second-order valence-corrected chi connectivity index (χ2v) is 10.1. The molecule has 5 rings (SSSR count). The van der Waals surface area contributed by atoms with Crippen LogP contribution >= 0.6 is 11.6 Å². The Morgan fingerprint density at radius 1 is 1.14 bits per heavy atom. The van der Waals surface area contributed by atoms with Crippen molar-refractivity contribution in [1.29, 1.82) is 0 Å². The number of nitrogens with one attached hydrogen (secondary N) is 1. The van der Waals surface area contributed by atoms with Gasteiger partial charge in [-0.05, 0) is 43.0 Å². The standard InChI is InChI=1S/C27H31ClN6O/c1-32(2)27(35)19-9-10-23(22(28)11-19)31-26-13-25-20(14-29-26)12-24(21-15-30-33(3)17-21)34(25)16-18-7-5-4-6-8-18/h9-15,17-18H,4-8,16H2,1-3H3,(H,29,31). The molecule has 1 amide bonds. The molecular weight excluding hydrogens is 460 g/mol. The number of hydrogen-bond acceptors (Lipinski definition) is 4. The number of nitrogens with zero attached hydrogens (tertiary/aromatic N) is 5. The zero-order valence-electron chi connectivity index (χ0n) is 20.5. The van der Waals surface area contributed by atoms with Gasteiger partial charge in [-0.1, -0.05) is 30.9 Å². The van der Waals surface area contributed by atoms with Crippen molar-refractivity contribution in [2.75, 3.05) is 19.4 Å². The lowest BCUT2D eigenvalue weighted by atomic mass is 9.89. The largest absolute Gasteiger partial charge is 0.345 e. The molecule has 1 fully saturated rings. The first kappa shape index (κ1) is 23.4. The average molecular weight is 491 g/mol. The van der Waals surface area contributed by atoms with Crippen molar-refractivity contribution < 1.29 is 4.79 Å². The number of benzene rings is 1. The van der Waals surface area contributed by atoms with Crippen molar-refractivity contribution in [3.05, 3.63) is 59.5 Å². The molecule has 8 heteroatoms. The van der Waals surface area contributed by atoms with Crippen LogP contribution in [0.2, 0.25) is 5.02 Å². The second kappa shape index (κ2) is 9.74. The zero-order chi connectivity index (χ0) is 24.5. The van der Waals surface area contributed by atoms with E-state index in [-0.39, 0.29) is 5.91 Å². The van der Waals surface area contributed by atoms with Gasteiger partial charge in [-0.3, -0.25) is 9.48 Å². The van der Waals surface area contributed by atoms with E-state index < -0.39 is 0 Å². The molecule has 1 aliphatic carbocycles. The van der Waals surface area contributed by atoms with E-state index in [1.165, 1.54) is 42.7 Å². The first-order chi connectivity index (χ1) is 16.9. The molecule has 1 aromatic carbocycles. The Kier molecular flexibility index (Phi) is 6.52. The predicted octanol–water partition coefficient (Wildman–Crippen LogP) is 6.12. The third-order valence-electron chi connectivity index (χ3n) is 6.84. The highest BCUT2D eigenvalue weighted by atomic mass is 35.5.